The van der Waals surface area contributed by atoms with Crippen LogP contribution in [0.3, 0.4) is 0 Å². The van der Waals surface area contributed by atoms with E-state index in [4.69, 9.17) is 0 Å². The molecule has 3 N–H and O–H groups in total. The zero-order valence-corrected chi connectivity index (χ0v) is 10.9. The van der Waals surface area contributed by atoms with Crippen LogP contribution in [0.5, 0.6) is 0 Å². The summed E-state index contributed by atoms with van der Waals surface area (Å²) in [5.41, 5.74) is 1.05. The maximum absolute atomic E-state index is 12.1. The first-order valence-electron chi connectivity index (χ1n) is 6.25. The Morgan fingerprint density at radius 3 is 2.75 bits per heavy atom. The fraction of sp³-hybridized carbons (Fsp3) is 0.545. The minimum atomic E-state index is -4.13. The van der Waals surface area contributed by atoms with E-state index >= 15 is 0 Å². The fourth-order valence-electron chi connectivity index (χ4n) is 1.69. The Morgan fingerprint density at radius 2 is 2.05 bits per heavy atom. The highest BCUT2D eigenvalue weighted by Crippen LogP contribution is 2.22. The minimum absolute atomic E-state index is 0.0142. The van der Waals surface area contributed by atoms with Crippen LogP contribution in [-0.2, 0) is 0 Å². The molecule has 0 saturated carbocycles. The van der Waals surface area contributed by atoms with Crippen LogP contribution in [0, 0.1) is 0 Å². The molecule has 2 aromatic heterocycles. The highest BCUT2D eigenvalue weighted by Gasteiger charge is 2.25. The first-order valence-corrected chi connectivity index (χ1v) is 6.25. The van der Waals surface area contributed by atoms with Gasteiger partial charge in [0.25, 0.3) is 0 Å². The third-order valence-corrected chi connectivity index (χ3v) is 2.55. The van der Waals surface area contributed by atoms with Gasteiger partial charge >= 0.3 is 6.18 Å². The third kappa shape index (κ3) is 3.72. The summed E-state index contributed by atoms with van der Waals surface area (Å²) in [6.45, 7) is 2.72. The molecule has 0 fully saturated rings. The molecule has 0 unspecified atom stereocenters. The van der Waals surface area contributed by atoms with Gasteiger partial charge in [-0.3, -0.25) is 0 Å². The maximum Gasteiger partial charge on any atom is 0.389 e. The molecule has 0 saturated heterocycles. The quantitative estimate of drug-likeness (QED) is 0.712. The summed E-state index contributed by atoms with van der Waals surface area (Å²) in [5, 5.41) is 5.83. The monoisotopic (exact) mass is 288 g/mol. The number of anilines is 2. The van der Waals surface area contributed by atoms with E-state index in [1.54, 1.807) is 0 Å². The van der Waals surface area contributed by atoms with Crippen molar-refractivity contribution in [2.75, 3.05) is 23.7 Å². The molecule has 0 aliphatic rings. The van der Waals surface area contributed by atoms with Crippen LogP contribution >= 0.6 is 0 Å². The summed E-state index contributed by atoms with van der Waals surface area (Å²) in [6, 6.07) is 0. The number of hydrogen-bond donors (Lipinski definition) is 3. The van der Waals surface area contributed by atoms with Crippen LogP contribution in [0.25, 0.3) is 11.2 Å². The van der Waals surface area contributed by atoms with E-state index in [-0.39, 0.29) is 13.0 Å². The summed E-state index contributed by atoms with van der Waals surface area (Å²) in [7, 11) is 0. The van der Waals surface area contributed by atoms with E-state index in [1.807, 2.05) is 6.92 Å². The average Bonchev–Trinajstić information content (AvgIpc) is 2.82. The first-order chi connectivity index (χ1) is 9.49. The molecule has 2 heterocycles. The largest absolute Gasteiger partial charge is 0.389 e. The summed E-state index contributed by atoms with van der Waals surface area (Å²) in [6.07, 6.45) is -3.50. The average molecular weight is 288 g/mol. The predicted molar refractivity (Wildman–Crippen MR) is 69.6 cm³/mol. The molecule has 0 aromatic carbocycles. The van der Waals surface area contributed by atoms with Crippen LogP contribution in [-0.4, -0.2) is 39.2 Å². The molecule has 0 spiro atoms. The van der Waals surface area contributed by atoms with Gasteiger partial charge in [-0.15, -0.1) is 0 Å². The van der Waals surface area contributed by atoms with Crippen molar-refractivity contribution in [3.8, 4) is 0 Å². The molecule has 2 aromatic rings. The number of imidazole rings is 1. The van der Waals surface area contributed by atoms with Gasteiger partial charge in [0.2, 0.25) is 5.95 Å². The molecule has 20 heavy (non-hydrogen) atoms. The van der Waals surface area contributed by atoms with Crippen molar-refractivity contribution in [3.05, 3.63) is 6.33 Å². The lowest BCUT2D eigenvalue weighted by molar-refractivity contribution is -0.134. The zero-order chi connectivity index (χ0) is 14.6. The number of hydrogen-bond acceptors (Lipinski definition) is 5. The van der Waals surface area contributed by atoms with Gasteiger partial charge in [0.1, 0.15) is 5.52 Å². The summed E-state index contributed by atoms with van der Waals surface area (Å²) >= 11 is 0. The lowest BCUT2D eigenvalue weighted by Crippen LogP contribution is -2.12. The van der Waals surface area contributed by atoms with Crippen LogP contribution in [0.2, 0.25) is 0 Å². The topological polar surface area (TPSA) is 78.5 Å². The van der Waals surface area contributed by atoms with Gasteiger partial charge in [0.05, 0.1) is 6.33 Å². The number of nitrogens with zero attached hydrogens (tertiary/aromatic N) is 3. The lowest BCUT2D eigenvalue weighted by Gasteiger charge is -2.09. The SMILES string of the molecule is CCNc1nc(NCCCC(F)(F)F)c2[nH]cnc2n1. The number of aromatic amines is 1. The number of nitrogens with one attached hydrogen (secondary N) is 3. The number of alkyl halides is 3. The molecule has 0 aliphatic carbocycles. The Balaban J connectivity index is 2.06. The highest BCUT2D eigenvalue weighted by molar-refractivity contribution is 5.83. The summed E-state index contributed by atoms with van der Waals surface area (Å²) in [5.74, 6) is 0.844. The number of aromatic nitrogens is 4. The maximum atomic E-state index is 12.1. The molecule has 0 atom stereocenters. The molecule has 110 valence electrons. The smallest absolute Gasteiger partial charge is 0.368 e. The van der Waals surface area contributed by atoms with Crippen molar-refractivity contribution < 1.29 is 13.2 Å². The molecule has 0 aliphatic heterocycles. The van der Waals surface area contributed by atoms with Crippen LogP contribution in [0.15, 0.2) is 6.33 Å². The minimum Gasteiger partial charge on any atom is -0.368 e. The van der Waals surface area contributed by atoms with Crippen LogP contribution < -0.4 is 10.6 Å². The van der Waals surface area contributed by atoms with Crippen molar-refractivity contribution >= 4 is 22.9 Å². The van der Waals surface area contributed by atoms with Crippen molar-refractivity contribution in [3.63, 3.8) is 0 Å². The second-order valence-electron chi connectivity index (χ2n) is 4.17. The van der Waals surface area contributed by atoms with E-state index in [1.165, 1.54) is 6.33 Å². The highest BCUT2D eigenvalue weighted by atomic mass is 19.4. The van der Waals surface area contributed by atoms with Gasteiger partial charge in [-0.2, -0.15) is 23.1 Å². The number of fused-ring (bicyclic) bond motifs is 1. The molecule has 6 nitrogen and oxygen atoms in total. The molecule has 0 amide bonds. The normalized spacial score (nSPS) is 11.8. The van der Waals surface area contributed by atoms with E-state index in [2.05, 4.69) is 30.6 Å². The number of rotatable bonds is 6. The van der Waals surface area contributed by atoms with Gasteiger partial charge in [-0.05, 0) is 13.3 Å². The van der Waals surface area contributed by atoms with Crippen molar-refractivity contribution in [2.45, 2.75) is 25.9 Å². The second-order valence-corrected chi connectivity index (χ2v) is 4.17. The Kier molecular flexibility index (Phi) is 4.26. The molecule has 9 heteroatoms. The Morgan fingerprint density at radius 1 is 1.25 bits per heavy atom. The Bertz CT molecular complexity index is 565. The third-order valence-electron chi connectivity index (χ3n) is 2.55. The summed E-state index contributed by atoms with van der Waals surface area (Å²) in [4.78, 5) is 15.3. The predicted octanol–water partition coefficient (Wildman–Crippen LogP) is 2.54. The number of halogens is 3. The molecular formula is C11H15F3N6. The van der Waals surface area contributed by atoms with Gasteiger partial charge in [0.15, 0.2) is 11.5 Å². The molecule has 2 rings (SSSR count). The van der Waals surface area contributed by atoms with E-state index in [0.717, 1.165) is 0 Å². The van der Waals surface area contributed by atoms with Crippen molar-refractivity contribution in [2.24, 2.45) is 0 Å². The molecule has 0 radical (unpaired) electrons. The fourth-order valence-corrected chi connectivity index (χ4v) is 1.69. The van der Waals surface area contributed by atoms with Crippen molar-refractivity contribution in [1.82, 2.24) is 19.9 Å². The molecular weight excluding hydrogens is 273 g/mol. The van der Waals surface area contributed by atoms with Gasteiger partial charge in [-0.25, -0.2) is 4.98 Å². The first kappa shape index (κ1) is 14.4. The van der Waals surface area contributed by atoms with Crippen LogP contribution in [0.1, 0.15) is 19.8 Å². The number of H-pyrrole nitrogens is 1. The summed E-state index contributed by atoms with van der Waals surface area (Å²) < 4.78 is 36.2. The molecule has 0 bridgehead atoms. The lowest BCUT2D eigenvalue weighted by atomic mass is 10.3. The van der Waals surface area contributed by atoms with Gasteiger partial charge < -0.3 is 15.6 Å². The second kappa shape index (κ2) is 5.93. The zero-order valence-electron chi connectivity index (χ0n) is 10.9. The Labute approximate surface area is 113 Å². The van der Waals surface area contributed by atoms with E-state index in [9.17, 15) is 13.2 Å². The van der Waals surface area contributed by atoms with Gasteiger partial charge in [-0.1, -0.05) is 0 Å². The van der Waals surface area contributed by atoms with Gasteiger partial charge in [0, 0.05) is 19.5 Å². The van der Waals surface area contributed by atoms with E-state index < -0.39 is 12.6 Å². The van der Waals surface area contributed by atoms with E-state index in [0.29, 0.717) is 29.5 Å². The van der Waals surface area contributed by atoms with Crippen molar-refractivity contribution in [1.29, 1.82) is 0 Å². The van der Waals surface area contributed by atoms with Crippen LogP contribution in [0.4, 0.5) is 24.9 Å². The Hall–Kier alpha value is -2.06. The standard InChI is InChI=1S/C11H15F3N6/c1-2-15-10-19-8(7-9(20-10)18-6-17-7)16-5-3-4-11(12,13)14/h6H,2-5H2,1H3,(H3,15,16,17,18,19,20).